The third-order valence-corrected chi connectivity index (χ3v) is 4.06. The second-order valence-corrected chi connectivity index (χ2v) is 5.36. The number of rotatable bonds is 1. The highest BCUT2D eigenvalue weighted by Crippen LogP contribution is 2.39. The predicted molar refractivity (Wildman–Crippen MR) is 63.7 cm³/mol. The lowest BCUT2D eigenvalue weighted by Gasteiger charge is -2.29. The molecule has 1 aliphatic rings. The van der Waals surface area contributed by atoms with Crippen LogP contribution in [0.25, 0.3) is 0 Å². The molecular weight excluding hydrogens is 273 g/mol. The standard InChI is InChI=1S/C12H13BrFNO/c1-7-12(2,6-11(16)15-7)9-4-3-8(14)5-10(9)13/h3-5,7H,6H2,1-2H3,(H,15,16). The molecule has 0 spiro atoms. The lowest BCUT2D eigenvalue weighted by molar-refractivity contribution is -0.119. The molecule has 4 heteroatoms. The summed E-state index contributed by atoms with van der Waals surface area (Å²) in [5.41, 5.74) is 0.698. The molecule has 2 rings (SSSR count). The molecule has 1 saturated heterocycles. The predicted octanol–water partition coefficient (Wildman–Crippen LogP) is 2.75. The smallest absolute Gasteiger partial charge is 0.221 e. The highest BCUT2D eigenvalue weighted by atomic mass is 79.9. The van der Waals surface area contributed by atoms with Crippen molar-refractivity contribution in [3.05, 3.63) is 34.1 Å². The van der Waals surface area contributed by atoms with E-state index in [0.717, 1.165) is 10.0 Å². The molecule has 1 aromatic carbocycles. The van der Waals surface area contributed by atoms with Crippen LogP contribution in [0.5, 0.6) is 0 Å². The fourth-order valence-electron chi connectivity index (χ4n) is 2.22. The Morgan fingerprint density at radius 2 is 2.25 bits per heavy atom. The average Bonchev–Trinajstić information content (AvgIpc) is 2.40. The second kappa shape index (κ2) is 3.84. The summed E-state index contributed by atoms with van der Waals surface area (Å²) in [5.74, 6) is -0.226. The van der Waals surface area contributed by atoms with E-state index in [-0.39, 0.29) is 23.2 Å². The van der Waals surface area contributed by atoms with Crippen molar-refractivity contribution in [3.8, 4) is 0 Å². The Morgan fingerprint density at radius 3 is 2.75 bits per heavy atom. The first-order valence-corrected chi connectivity index (χ1v) is 5.97. The molecule has 1 amide bonds. The minimum Gasteiger partial charge on any atom is -0.353 e. The molecule has 0 aliphatic carbocycles. The van der Waals surface area contributed by atoms with E-state index in [1.165, 1.54) is 12.1 Å². The molecule has 2 unspecified atom stereocenters. The van der Waals surface area contributed by atoms with Crippen LogP contribution in [-0.2, 0) is 10.2 Å². The van der Waals surface area contributed by atoms with Crippen LogP contribution in [0.15, 0.2) is 22.7 Å². The van der Waals surface area contributed by atoms with Crippen molar-refractivity contribution in [1.29, 1.82) is 0 Å². The van der Waals surface area contributed by atoms with Crippen molar-refractivity contribution >= 4 is 21.8 Å². The molecule has 2 atom stereocenters. The van der Waals surface area contributed by atoms with Gasteiger partial charge in [-0.15, -0.1) is 0 Å². The Labute approximate surface area is 102 Å². The summed E-state index contributed by atoms with van der Waals surface area (Å²) < 4.78 is 13.7. The largest absolute Gasteiger partial charge is 0.353 e. The molecule has 0 aromatic heterocycles. The summed E-state index contributed by atoms with van der Waals surface area (Å²) in [6.07, 6.45) is 0.443. The number of hydrogen-bond acceptors (Lipinski definition) is 1. The van der Waals surface area contributed by atoms with Gasteiger partial charge in [0.1, 0.15) is 5.82 Å². The Morgan fingerprint density at radius 1 is 1.56 bits per heavy atom. The first-order chi connectivity index (χ1) is 7.43. The zero-order valence-electron chi connectivity index (χ0n) is 9.18. The number of amides is 1. The number of benzene rings is 1. The molecule has 1 heterocycles. The van der Waals surface area contributed by atoms with E-state index in [9.17, 15) is 9.18 Å². The van der Waals surface area contributed by atoms with Gasteiger partial charge in [-0.3, -0.25) is 4.79 Å². The minimum absolute atomic E-state index is 0.0474. The van der Waals surface area contributed by atoms with Crippen LogP contribution in [-0.4, -0.2) is 11.9 Å². The first-order valence-electron chi connectivity index (χ1n) is 5.18. The third-order valence-electron chi connectivity index (χ3n) is 3.41. The maximum Gasteiger partial charge on any atom is 0.221 e. The fraction of sp³-hybridized carbons (Fsp3) is 0.417. The molecule has 16 heavy (non-hydrogen) atoms. The van der Waals surface area contributed by atoms with Gasteiger partial charge in [-0.2, -0.15) is 0 Å². The van der Waals surface area contributed by atoms with E-state index in [1.54, 1.807) is 6.07 Å². The van der Waals surface area contributed by atoms with Crippen LogP contribution in [0.2, 0.25) is 0 Å². The van der Waals surface area contributed by atoms with Gasteiger partial charge in [-0.05, 0) is 24.6 Å². The molecule has 0 bridgehead atoms. The van der Waals surface area contributed by atoms with Crippen molar-refractivity contribution in [2.75, 3.05) is 0 Å². The molecule has 1 fully saturated rings. The molecule has 1 aromatic rings. The molecule has 86 valence electrons. The number of carbonyl (C=O) groups is 1. The van der Waals surface area contributed by atoms with Gasteiger partial charge in [0.25, 0.3) is 0 Å². The lowest BCUT2D eigenvalue weighted by Crippen LogP contribution is -2.35. The van der Waals surface area contributed by atoms with Gasteiger partial charge in [0.05, 0.1) is 0 Å². The average molecular weight is 286 g/mol. The van der Waals surface area contributed by atoms with Gasteiger partial charge in [-0.25, -0.2) is 4.39 Å². The van der Waals surface area contributed by atoms with Crippen molar-refractivity contribution in [3.63, 3.8) is 0 Å². The highest BCUT2D eigenvalue weighted by molar-refractivity contribution is 9.10. The number of nitrogens with one attached hydrogen (secondary N) is 1. The summed E-state index contributed by atoms with van der Waals surface area (Å²) in [7, 11) is 0. The van der Waals surface area contributed by atoms with Crippen LogP contribution in [0, 0.1) is 5.82 Å². The summed E-state index contributed by atoms with van der Waals surface area (Å²) in [4.78, 5) is 11.4. The van der Waals surface area contributed by atoms with Crippen LogP contribution in [0.1, 0.15) is 25.8 Å². The van der Waals surface area contributed by atoms with E-state index in [0.29, 0.717) is 6.42 Å². The summed E-state index contributed by atoms with van der Waals surface area (Å²) in [6, 6.07) is 4.68. The number of hydrogen-bond donors (Lipinski definition) is 1. The summed E-state index contributed by atoms with van der Waals surface area (Å²) in [5, 5.41) is 2.89. The van der Waals surface area contributed by atoms with Crippen LogP contribution in [0.3, 0.4) is 0 Å². The van der Waals surface area contributed by atoms with Gasteiger partial charge in [0, 0.05) is 22.4 Å². The Kier molecular flexibility index (Phi) is 2.78. The van der Waals surface area contributed by atoms with E-state index in [4.69, 9.17) is 0 Å². The topological polar surface area (TPSA) is 29.1 Å². The molecular formula is C12H13BrFNO. The van der Waals surface area contributed by atoms with E-state index in [2.05, 4.69) is 21.2 Å². The molecule has 1 aliphatic heterocycles. The maximum atomic E-state index is 13.0. The highest BCUT2D eigenvalue weighted by Gasteiger charge is 2.42. The monoisotopic (exact) mass is 285 g/mol. The van der Waals surface area contributed by atoms with Crippen molar-refractivity contribution < 1.29 is 9.18 Å². The quantitative estimate of drug-likeness (QED) is 0.845. The second-order valence-electron chi connectivity index (χ2n) is 4.51. The zero-order valence-corrected chi connectivity index (χ0v) is 10.8. The van der Waals surface area contributed by atoms with Crippen molar-refractivity contribution in [2.24, 2.45) is 0 Å². The van der Waals surface area contributed by atoms with Gasteiger partial charge in [0.2, 0.25) is 5.91 Å². The number of halogens is 2. The van der Waals surface area contributed by atoms with E-state index < -0.39 is 0 Å². The zero-order chi connectivity index (χ0) is 11.9. The molecule has 1 N–H and O–H groups in total. The van der Waals surface area contributed by atoms with Crippen molar-refractivity contribution in [2.45, 2.75) is 31.7 Å². The van der Waals surface area contributed by atoms with Gasteiger partial charge < -0.3 is 5.32 Å². The van der Waals surface area contributed by atoms with Crippen LogP contribution in [0.4, 0.5) is 4.39 Å². The maximum absolute atomic E-state index is 13.0. The SMILES string of the molecule is CC1NC(=O)CC1(C)c1ccc(F)cc1Br. The molecule has 0 saturated carbocycles. The third kappa shape index (κ3) is 1.75. The van der Waals surface area contributed by atoms with Gasteiger partial charge in [-0.1, -0.05) is 28.9 Å². The van der Waals surface area contributed by atoms with Crippen molar-refractivity contribution in [1.82, 2.24) is 5.32 Å². The molecule has 2 nitrogen and oxygen atoms in total. The minimum atomic E-state index is -0.274. The van der Waals surface area contributed by atoms with Gasteiger partial charge >= 0.3 is 0 Å². The first kappa shape index (κ1) is 11.6. The normalized spacial score (nSPS) is 29.2. The van der Waals surface area contributed by atoms with Crippen LogP contribution < -0.4 is 5.32 Å². The molecule has 0 radical (unpaired) electrons. The lowest BCUT2D eigenvalue weighted by atomic mass is 9.77. The van der Waals surface area contributed by atoms with E-state index >= 15 is 0 Å². The Hall–Kier alpha value is -0.900. The van der Waals surface area contributed by atoms with Crippen LogP contribution >= 0.6 is 15.9 Å². The van der Waals surface area contributed by atoms with Gasteiger partial charge in [0.15, 0.2) is 0 Å². The fourth-order valence-corrected chi connectivity index (χ4v) is 3.02. The summed E-state index contributed by atoms with van der Waals surface area (Å²) >= 11 is 3.36. The summed E-state index contributed by atoms with van der Waals surface area (Å²) in [6.45, 7) is 3.99. The Balaban J connectivity index is 2.47. The van der Waals surface area contributed by atoms with E-state index in [1.807, 2.05) is 13.8 Å². The number of carbonyl (C=O) groups excluding carboxylic acids is 1. The Bertz CT molecular complexity index is 449.